The second-order valence-corrected chi connectivity index (χ2v) is 6.22. The molecule has 1 spiro atoms. The minimum atomic E-state index is -0.307. The number of hydrogen-bond acceptors (Lipinski definition) is 3. The van der Waals surface area contributed by atoms with E-state index in [1.54, 1.807) is 17.0 Å². The van der Waals surface area contributed by atoms with Gasteiger partial charge in [0.1, 0.15) is 5.60 Å². The number of halogens is 2. The predicted molar refractivity (Wildman–Crippen MR) is 78.2 cm³/mol. The maximum Gasteiger partial charge on any atom is 0.410 e. The molecule has 2 heterocycles. The minimum absolute atomic E-state index is 0.238. The summed E-state index contributed by atoms with van der Waals surface area (Å²) in [6.45, 7) is 2.94. The Kier molecular flexibility index (Phi) is 3.80. The minimum Gasteiger partial charge on any atom is -0.441 e. The first-order chi connectivity index (χ1) is 9.58. The highest BCUT2D eigenvalue weighted by atomic mass is 35.5. The van der Waals surface area contributed by atoms with E-state index in [1.165, 1.54) is 0 Å². The van der Waals surface area contributed by atoms with Crippen LogP contribution in [0.2, 0.25) is 10.0 Å². The van der Waals surface area contributed by atoms with E-state index < -0.39 is 0 Å². The van der Waals surface area contributed by atoms with Crippen molar-refractivity contribution in [1.29, 1.82) is 0 Å². The van der Waals surface area contributed by atoms with Crippen LogP contribution < -0.4 is 5.32 Å². The second kappa shape index (κ2) is 5.43. The van der Waals surface area contributed by atoms with Crippen LogP contribution in [0.15, 0.2) is 18.2 Å². The average molecular weight is 315 g/mol. The number of piperidine rings is 1. The Labute approximate surface area is 128 Å². The van der Waals surface area contributed by atoms with E-state index in [9.17, 15) is 4.79 Å². The van der Waals surface area contributed by atoms with Gasteiger partial charge in [-0.1, -0.05) is 29.3 Å². The maximum absolute atomic E-state index is 12.0. The molecule has 0 radical (unpaired) electrons. The number of rotatable bonds is 2. The molecule has 1 amide bonds. The fraction of sp³-hybridized carbons (Fsp3) is 0.500. The molecule has 0 bridgehead atoms. The largest absolute Gasteiger partial charge is 0.441 e. The summed E-state index contributed by atoms with van der Waals surface area (Å²) >= 11 is 11.9. The van der Waals surface area contributed by atoms with Crippen LogP contribution in [0.25, 0.3) is 0 Å². The van der Waals surface area contributed by atoms with Crippen LogP contribution in [0.1, 0.15) is 18.4 Å². The van der Waals surface area contributed by atoms with Gasteiger partial charge < -0.3 is 10.1 Å². The molecule has 0 atom stereocenters. The molecule has 0 aromatic heterocycles. The quantitative estimate of drug-likeness (QED) is 0.912. The number of nitrogens with one attached hydrogen (secondary N) is 1. The molecule has 2 aliphatic rings. The Balaban J connectivity index is 1.71. The predicted octanol–water partition coefficient (Wildman–Crippen LogP) is 3.07. The van der Waals surface area contributed by atoms with Gasteiger partial charge in [-0.25, -0.2) is 4.79 Å². The number of amides is 1. The van der Waals surface area contributed by atoms with Crippen LogP contribution in [0.3, 0.4) is 0 Å². The lowest BCUT2D eigenvalue weighted by Crippen LogP contribution is -2.44. The van der Waals surface area contributed by atoms with Crippen LogP contribution >= 0.6 is 23.2 Å². The normalized spacial score (nSPS) is 21.3. The number of carbonyl (C=O) groups excluding carboxylic acids is 1. The van der Waals surface area contributed by atoms with E-state index in [4.69, 9.17) is 27.9 Å². The molecule has 108 valence electrons. The topological polar surface area (TPSA) is 41.6 Å². The summed E-state index contributed by atoms with van der Waals surface area (Å²) in [6.07, 6.45) is 1.51. The molecule has 0 saturated carbocycles. The number of benzene rings is 1. The zero-order valence-corrected chi connectivity index (χ0v) is 12.5. The van der Waals surface area contributed by atoms with Crippen molar-refractivity contribution in [2.45, 2.75) is 25.0 Å². The van der Waals surface area contributed by atoms with E-state index >= 15 is 0 Å². The van der Waals surface area contributed by atoms with E-state index in [-0.39, 0.29) is 11.7 Å². The molecule has 1 aromatic carbocycles. The molecule has 6 heteroatoms. The summed E-state index contributed by atoms with van der Waals surface area (Å²) in [5, 5.41) is 4.32. The summed E-state index contributed by atoms with van der Waals surface area (Å²) in [6, 6.07) is 5.43. The van der Waals surface area contributed by atoms with E-state index in [2.05, 4.69) is 5.32 Å². The van der Waals surface area contributed by atoms with Gasteiger partial charge in [0.15, 0.2) is 0 Å². The van der Waals surface area contributed by atoms with E-state index in [0.717, 1.165) is 31.5 Å². The molecule has 20 heavy (non-hydrogen) atoms. The zero-order chi connectivity index (χ0) is 14.2. The third kappa shape index (κ3) is 2.73. The lowest BCUT2D eigenvalue weighted by Gasteiger charge is -2.31. The zero-order valence-electron chi connectivity index (χ0n) is 11.0. The van der Waals surface area contributed by atoms with Gasteiger partial charge in [-0.15, -0.1) is 0 Å². The third-order valence-corrected chi connectivity index (χ3v) is 4.65. The molecule has 0 aliphatic carbocycles. The molecular formula is C14H16Cl2N2O2. The number of ether oxygens (including phenoxy) is 1. The van der Waals surface area contributed by atoms with Crippen molar-refractivity contribution in [2.75, 3.05) is 19.6 Å². The highest BCUT2D eigenvalue weighted by molar-refractivity contribution is 6.42. The fourth-order valence-electron chi connectivity index (χ4n) is 2.82. The van der Waals surface area contributed by atoms with Gasteiger partial charge in [0.2, 0.25) is 0 Å². The SMILES string of the molecule is O=C1OC2(CCNCC2)CN1Cc1ccc(Cl)c(Cl)c1. The highest BCUT2D eigenvalue weighted by Gasteiger charge is 2.45. The Morgan fingerprint density at radius 1 is 1.25 bits per heavy atom. The van der Waals surface area contributed by atoms with Gasteiger partial charge in [-0.3, -0.25) is 4.90 Å². The van der Waals surface area contributed by atoms with Crippen LogP contribution in [0, 0.1) is 0 Å². The summed E-state index contributed by atoms with van der Waals surface area (Å²) in [7, 11) is 0. The smallest absolute Gasteiger partial charge is 0.410 e. The molecule has 2 aliphatic heterocycles. The Morgan fingerprint density at radius 3 is 2.70 bits per heavy atom. The first kappa shape index (κ1) is 14.0. The Bertz CT molecular complexity index is 530. The lowest BCUT2D eigenvalue weighted by atomic mass is 9.92. The molecule has 4 nitrogen and oxygen atoms in total. The monoisotopic (exact) mass is 314 g/mol. The van der Waals surface area contributed by atoms with Gasteiger partial charge in [-0.2, -0.15) is 0 Å². The first-order valence-corrected chi connectivity index (χ1v) is 7.46. The summed E-state index contributed by atoms with van der Waals surface area (Å²) in [5.74, 6) is 0. The van der Waals surface area contributed by atoms with Gasteiger partial charge >= 0.3 is 6.09 Å². The summed E-state index contributed by atoms with van der Waals surface area (Å²) in [5.41, 5.74) is 0.654. The van der Waals surface area contributed by atoms with Crippen molar-refractivity contribution < 1.29 is 9.53 Å². The lowest BCUT2D eigenvalue weighted by molar-refractivity contribution is 0.0316. The van der Waals surface area contributed by atoms with Gasteiger partial charge in [0.25, 0.3) is 0 Å². The van der Waals surface area contributed by atoms with Crippen LogP contribution in [-0.4, -0.2) is 36.2 Å². The Morgan fingerprint density at radius 2 is 2.00 bits per heavy atom. The molecule has 1 N–H and O–H groups in total. The van der Waals surface area contributed by atoms with Crippen LogP contribution in [0.5, 0.6) is 0 Å². The van der Waals surface area contributed by atoms with Gasteiger partial charge in [-0.05, 0) is 30.8 Å². The molecule has 2 saturated heterocycles. The van der Waals surface area contributed by atoms with Crippen molar-refractivity contribution in [1.82, 2.24) is 10.2 Å². The molecule has 2 fully saturated rings. The highest BCUT2D eigenvalue weighted by Crippen LogP contribution is 2.32. The molecule has 0 unspecified atom stereocenters. The molecular weight excluding hydrogens is 299 g/mol. The summed E-state index contributed by atoms with van der Waals surface area (Å²) in [4.78, 5) is 13.8. The van der Waals surface area contributed by atoms with Crippen molar-refractivity contribution in [2.24, 2.45) is 0 Å². The first-order valence-electron chi connectivity index (χ1n) is 6.71. The van der Waals surface area contributed by atoms with E-state index in [0.29, 0.717) is 23.1 Å². The Hall–Kier alpha value is -0.970. The van der Waals surface area contributed by atoms with E-state index in [1.807, 2.05) is 6.07 Å². The number of carbonyl (C=O) groups is 1. The van der Waals surface area contributed by atoms with Crippen LogP contribution in [0.4, 0.5) is 4.79 Å². The second-order valence-electron chi connectivity index (χ2n) is 5.41. The number of hydrogen-bond donors (Lipinski definition) is 1. The van der Waals surface area contributed by atoms with Gasteiger partial charge in [0, 0.05) is 19.4 Å². The average Bonchev–Trinajstić information content (AvgIpc) is 2.71. The molecule has 1 aromatic rings. The van der Waals surface area contributed by atoms with Crippen molar-refractivity contribution >= 4 is 29.3 Å². The maximum atomic E-state index is 12.0. The van der Waals surface area contributed by atoms with Gasteiger partial charge in [0.05, 0.1) is 16.6 Å². The standard InChI is InChI=1S/C14H16Cl2N2O2/c15-11-2-1-10(7-12(11)16)8-18-9-14(20-13(18)19)3-5-17-6-4-14/h1-2,7,17H,3-6,8-9H2. The van der Waals surface area contributed by atoms with Crippen LogP contribution in [-0.2, 0) is 11.3 Å². The van der Waals surface area contributed by atoms with Crippen molar-refractivity contribution in [3.05, 3.63) is 33.8 Å². The summed E-state index contributed by atoms with van der Waals surface area (Å²) < 4.78 is 5.62. The molecule has 3 rings (SSSR count). The number of nitrogens with zero attached hydrogens (tertiary/aromatic N) is 1. The fourth-order valence-corrected chi connectivity index (χ4v) is 3.14. The van der Waals surface area contributed by atoms with Crippen molar-refractivity contribution in [3.63, 3.8) is 0 Å². The third-order valence-electron chi connectivity index (χ3n) is 3.91. The van der Waals surface area contributed by atoms with Crippen molar-refractivity contribution in [3.8, 4) is 0 Å².